The average molecular weight is 332 g/mol. The molecule has 126 valence electrons. The van der Waals surface area contributed by atoms with E-state index in [2.05, 4.69) is 49.8 Å². The van der Waals surface area contributed by atoms with E-state index in [0.29, 0.717) is 12.0 Å². The number of H-pyrrole nitrogens is 1. The van der Waals surface area contributed by atoms with Crippen LogP contribution in [0.25, 0.3) is 16.7 Å². The summed E-state index contributed by atoms with van der Waals surface area (Å²) in [5.41, 5.74) is 4.24. The minimum absolute atomic E-state index is 0.441. The normalized spacial score (nSPS) is 20.5. The van der Waals surface area contributed by atoms with Crippen molar-refractivity contribution in [3.05, 3.63) is 54.4 Å². The standard InChI is InChI=1S/C19H20N6/c1-12-2-5-17(21-9-12)24-14-4-3-13(8-14)19-23-11-15-10-22-18-16(25(15)19)6-7-20-18/h2,5-7,9-11,13-14,20H,3-4,8H2,1H3,(H,21,24)/t13-,14+/m0/s1. The van der Waals surface area contributed by atoms with Gasteiger partial charge in [-0.3, -0.25) is 4.40 Å². The molecule has 4 aromatic rings. The third-order valence-electron chi connectivity index (χ3n) is 5.15. The number of fused-ring (bicyclic) bond motifs is 3. The van der Waals surface area contributed by atoms with Crippen LogP contribution >= 0.6 is 0 Å². The van der Waals surface area contributed by atoms with Crippen LogP contribution in [0.5, 0.6) is 0 Å². The number of hydrogen-bond donors (Lipinski definition) is 2. The lowest BCUT2D eigenvalue weighted by Crippen LogP contribution is -2.16. The number of nitrogens with one attached hydrogen (secondary N) is 2. The molecule has 1 fully saturated rings. The molecule has 0 saturated heterocycles. The Labute approximate surface area is 145 Å². The van der Waals surface area contributed by atoms with Gasteiger partial charge in [0.25, 0.3) is 0 Å². The van der Waals surface area contributed by atoms with Crippen LogP contribution in [0, 0.1) is 6.92 Å². The van der Waals surface area contributed by atoms with E-state index >= 15 is 0 Å². The molecule has 1 saturated carbocycles. The summed E-state index contributed by atoms with van der Waals surface area (Å²) in [6.07, 6.45) is 11.0. The fraction of sp³-hybridized carbons (Fsp3) is 0.316. The molecular formula is C19H20N6. The third-order valence-corrected chi connectivity index (χ3v) is 5.15. The monoisotopic (exact) mass is 332 g/mol. The first kappa shape index (κ1) is 14.5. The second-order valence-corrected chi connectivity index (χ2v) is 6.92. The minimum atomic E-state index is 0.441. The fourth-order valence-electron chi connectivity index (χ4n) is 3.90. The highest BCUT2D eigenvalue weighted by atomic mass is 15.1. The Morgan fingerprint density at radius 1 is 1.08 bits per heavy atom. The maximum atomic E-state index is 4.73. The zero-order valence-electron chi connectivity index (χ0n) is 14.1. The molecule has 0 unspecified atom stereocenters. The number of aromatic nitrogens is 5. The highest BCUT2D eigenvalue weighted by Crippen LogP contribution is 2.36. The number of hydrogen-bond acceptors (Lipinski definition) is 4. The van der Waals surface area contributed by atoms with Gasteiger partial charge in [0.1, 0.15) is 11.6 Å². The first-order chi connectivity index (χ1) is 12.3. The van der Waals surface area contributed by atoms with Crippen LogP contribution in [-0.4, -0.2) is 30.4 Å². The number of rotatable bonds is 3. The summed E-state index contributed by atoms with van der Waals surface area (Å²) in [5, 5.41) is 3.57. The summed E-state index contributed by atoms with van der Waals surface area (Å²) in [5.74, 6) is 2.55. The predicted molar refractivity (Wildman–Crippen MR) is 97.8 cm³/mol. The molecule has 0 radical (unpaired) electrons. The van der Waals surface area contributed by atoms with Gasteiger partial charge in [0.05, 0.1) is 23.4 Å². The van der Waals surface area contributed by atoms with Crippen molar-refractivity contribution in [2.75, 3.05) is 5.32 Å². The molecule has 0 aliphatic heterocycles. The van der Waals surface area contributed by atoms with Crippen molar-refractivity contribution >= 4 is 22.5 Å². The Balaban J connectivity index is 1.42. The molecule has 0 amide bonds. The summed E-state index contributed by atoms with van der Waals surface area (Å²) in [4.78, 5) is 16.8. The second kappa shape index (κ2) is 5.58. The molecule has 2 atom stereocenters. The van der Waals surface area contributed by atoms with Gasteiger partial charge in [-0.25, -0.2) is 15.0 Å². The van der Waals surface area contributed by atoms with Crippen molar-refractivity contribution < 1.29 is 0 Å². The van der Waals surface area contributed by atoms with Crippen molar-refractivity contribution in [1.29, 1.82) is 0 Å². The van der Waals surface area contributed by atoms with Crippen LogP contribution in [0.15, 0.2) is 43.0 Å². The van der Waals surface area contributed by atoms with E-state index in [9.17, 15) is 0 Å². The quantitative estimate of drug-likeness (QED) is 0.600. The van der Waals surface area contributed by atoms with Gasteiger partial charge in [-0.1, -0.05) is 6.07 Å². The lowest BCUT2D eigenvalue weighted by molar-refractivity contribution is 0.657. The Kier molecular flexibility index (Phi) is 3.23. The van der Waals surface area contributed by atoms with Crippen LogP contribution in [0.3, 0.4) is 0 Å². The molecule has 1 aliphatic carbocycles. The molecule has 0 spiro atoms. The van der Waals surface area contributed by atoms with Gasteiger partial charge in [-0.05, 0) is 43.9 Å². The maximum absolute atomic E-state index is 4.73. The lowest BCUT2D eigenvalue weighted by Gasteiger charge is -2.14. The smallest absolute Gasteiger partial charge is 0.154 e. The highest BCUT2D eigenvalue weighted by Gasteiger charge is 2.29. The second-order valence-electron chi connectivity index (χ2n) is 6.92. The van der Waals surface area contributed by atoms with E-state index in [0.717, 1.165) is 47.6 Å². The molecule has 0 aromatic carbocycles. The van der Waals surface area contributed by atoms with Crippen molar-refractivity contribution in [2.45, 2.75) is 38.1 Å². The summed E-state index contributed by atoms with van der Waals surface area (Å²) in [7, 11) is 0. The fourth-order valence-corrected chi connectivity index (χ4v) is 3.90. The maximum Gasteiger partial charge on any atom is 0.154 e. The topological polar surface area (TPSA) is 70.9 Å². The molecule has 6 heteroatoms. The zero-order chi connectivity index (χ0) is 16.8. The predicted octanol–water partition coefficient (Wildman–Crippen LogP) is 3.66. The van der Waals surface area contributed by atoms with Crippen LogP contribution in [0.4, 0.5) is 5.82 Å². The van der Waals surface area contributed by atoms with Gasteiger partial charge < -0.3 is 10.3 Å². The summed E-state index contributed by atoms with van der Waals surface area (Å²) in [6, 6.07) is 6.67. The van der Waals surface area contributed by atoms with Gasteiger partial charge in [-0.2, -0.15) is 0 Å². The Morgan fingerprint density at radius 3 is 2.88 bits per heavy atom. The molecular weight excluding hydrogens is 312 g/mol. The van der Waals surface area contributed by atoms with E-state index in [1.54, 1.807) is 0 Å². The van der Waals surface area contributed by atoms with Crippen molar-refractivity contribution in [3.8, 4) is 0 Å². The molecule has 2 N–H and O–H groups in total. The van der Waals surface area contributed by atoms with E-state index in [1.807, 2.05) is 24.8 Å². The van der Waals surface area contributed by atoms with Crippen LogP contribution in [0.1, 0.15) is 36.6 Å². The van der Waals surface area contributed by atoms with Crippen molar-refractivity contribution in [3.63, 3.8) is 0 Å². The van der Waals surface area contributed by atoms with Crippen LogP contribution in [-0.2, 0) is 0 Å². The number of anilines is 1. The molecule has 25 heavy (non-hydrogen) atoms. The molecule has 5 rings (SSSR count). The van der Waals surface area contributed by atoms with Crippen LogP contribution < -0.4 is 5.32 Å². The number of pyridine rings is 1. The lowest BCUT2D eigenvalue weighted by atomic mass is 10.1. The molecule has 6 nitrogen and oxygen atoms in total. The van der Waals surface area contributed by atoms with Crippen LogP contribution in [0.2, 0.25) is 0 Å². The highest BCUT2D eigenvalue weighted by molar-refractivity contribution is 5.75. The largest absolute Gasteiger partial charge is 0.367 e. The minimum Gasteiger partial charge on any atom is -0.367 e. The molecule has 0 bridgehead atoms. The summed E-state index contributed by atoms with van der Waals surface area (Å²) in [6.45, 7) is 2.06. The molecule has 1 aliphatic rings. The molecule has 4 aromatic heterocycles. The van der Waals surface area contributed by atoms with Gasteiger partial charge >= 0.3 is 0 Å². The first-order valence-corrected chi connectivity index (χ1v) is 8.76. The van der Waals surface area contributed by atoms with Gasteiger partial charge in [0, 0.05) is 24.4 Å². The van der Waals surface area contributed by atoms with E-state index in [1.165, 1.54) is 5.56 Å². The summed E-state index contributed by atoms with van der Waals surface area (Å²) < 4.78 is 2.25. The SMILES string of the molecule is Cc1ccc(N[C@@H]2CC[C@H](c3ncc4cnc5[nH]ccc5n34)C2)nc1. The van der Waals surface area contributed by atoms with Crippen molar-refractivity contribution in [2.24, 2.45) is 0 Å². The number of aryl methyl sites for hydroxylation is 1. The zero-order valence-corrected chi connectivity index (χ0v) is 14.1. The number of nitrogens with zero attached hydrogens (tertiary/aromatic N) is 4. The van der Waals surface area contributed by atoms with E-state index in [-0.39, 0.29) is 0 Å². The van der Waals surface area contributed by atoms with E-state index in [4.69, 9.17) is 4.98 Å². The van der Waals surface area contributed by atoms with Gasteiger partial charge in [0.15, 0.2) is 5.65 Å². The Morgan fingerprint density at radius 2 is 2.00 bits per heavy atom. The first-order valence-electron chi connectivity index (χ1n) is 8.76. The van der Waals surface area contributed by atoms with E-state index < -0.39 is 0 Å². The van der Waals surface area contributed by atoms with Gasteiger partial charge in [-0.15, -0.1) is 0 Å². The number of imidazole rings is 1. The Hall–Kier alpha value is -2.89. The Bertz CT molecular complexity index is 1030. The number of aromatic amines is 1. The van der Waals surface area contributed by atoms with Crippen molar-refractivity contribution in [1.82, 2.24) is 24.3 Å². The average Bonchev–Trinajstić information content (AvgIpc) is 3.34. The molecule has 4 heterocycles. The third kappa shape index (κ3) is 2.45. The van der Waals surface area contributed by atoms with Gasteiger partial charge in [0.2, 0.25) is 0 Å². The summed E-state index contributed by atoms with van der Waals surface area (Å²) >= 11 is 0.